The molecule has 1 aromatic carbocycles. The lowest BCUT2D eigenvalue weighted by Gasteiger charge is -2.11. The van der Waals surface area contributed by atoms with E-state index in [-0.39, 0.29) is 22.6 Å². The van der Waals surface area contributed by atoms with Gasteiger partial charge in [-0.1, -0.05) is 18.2 Å². The molecule has 1 fully saturated rings. The molecule has 1 aliphatic heterocycles. The van der Waals surface area contributed by atoms with Crippen molar-refractivity contribution < 1.29 is 9.72 Å². The third-order valence-corrected chi connectivity index (χ3v) is 3.24. The van der Waals surface area contributed by atoms with Crippen LogP contribution in [-0.4, -0.2) is 30.0 Å². The Morgan fingerprint density at radius 2 is 2.21 bits per heavy atom. The standard InChI is InChI=1S/C13H17N3O3/c17-13-6-5-11(15-13)9-14-8-7-10-3-1-2-4-12(10)16(18)19/h1-4,11,14H,5-9H2,(H,15,17). The van der Waals surface area contributed by atoms with Gasteiger partial charge >= 0.3 is 0 Å². The highest BCUT2D eigenvalue weighted by molar-refractivity contribution is 5.78. The number of hydrogen-bond acceptors (Lipinski definition) is 4. The summed E-state index contributed by atoms with van der Waals surface area (Å²) >= 11 is 0. The van der Waals surface area contributed by atoms with Crippen LogP contribution >= 0.6 is 0 Å². The first-order chi connectivity index (χ1) is 9.16. The van der Waals surface area contributed by atoms with Crippen LogP contribution in [-0.2, 0) is 11.2 Å². The van der Waals surface area contributed by atoms with Gasteiger partial charge in [-0.05, 0) is 19.4 Å². The molecule has 102 valence electrons. The molecule has 1 aliphatic rings. The molecule has 1 unspecified atom stereocenters. The molecule has 1 aromatic rings. The fraction of sp³-hybridized carbons (Fsp3) is 0.462. The number of nitrogens with zero attached hydrogens (tertiary/aromatic N) is 1. The Kier molecular flexibility index (Phi) is 4.46. The molecule has 1 heterocycles. The van der Waals surface area contributed by atoms with Gasteiger partial charge in [-0.2, -0.15) is 0 Å². The third-order valence-electron chi connectivity index (χ3n) is 3.24. The molecule has 0 radical (unpaired) electrons. The predicted molar refractivity (Wildman–Crippen MR) is 70.8 cm³/mol. The molecule has 2 N–H and O–H groups in total. The maximum atomic E-state index is 11.0. The molecule has 1 amide bonds. The predicted octanol–water partition coefficient (Wildman–Crippen LogP) is 1.01. The zero-order valence-electron chi connectivity index (χ0n) is 10.6. The second-order valence-corrected chi connectivity index (χ2v) is 4.64. The van der Waals surface area contributed by atoms with Crippen LogP contribution in [0.5, 0.6) is 0 Å². The molecule has 2 rings (SSSR count). The van der Waals surface area contributed by atoms with Gasteiger partial charge in [0.1, 0.15) is 0 Å². The second kappa shape index (κ2) is 6.29. The minimum absolute atomic E-state index is 0.102. The van der Waals surface area contributed by atoms with Crippen LogP contribution in [0.15, 0.2) is 24.3 Å². The molecular formula is C13H17N3O3. The molecule has 1 atom stereocenters. The maximum absolute atomic E-state index is 11.0. The quantitative estimate of drug-likeness (QED) is 0.455. The van der Waals surface area contributed by atoms with E-state index >= 15 is 0 Å². The van der Waals surface area contributed by atoms with Gasteiger partial charge in [0.25, 0.3) is 5.69 Å². The molecule has 0 bridgehead atoms. The fourth-order valence-corrected chi connectivity index (χ4v) is 2.23. The zero-order valence-corrected chi connectivity index (χ0v) is 10.6. The van der Waals surface area contributed by atoms with E-state index in [0.29, 0.717) is 25.9 Å². The number of carbonyl (C=O) groups excluding carboxylic acids is 1. The summed E-state index contributed by atoms with van der Waals surface area (Å²) < 4.78 is 0. The topological polar surface area (TPSA) is 84.3 Å². The number of carbonyl (C=O) groups is 1. The number of rotatable bonds is 6. The fourth-order valence-electron chi connectivity index (χ4n) is 2.23. The van der Waals surface area contributed by atoms with Crippen LogP contribution in [0.2, 0.25) is 0 Å². The second-order valence-electron chi connectivity index (χ2n) is 4.64. The van der Waals surface area contributed by atoms with Crippen molar-refractivity contribution in [3.05, 3.63) is 39.9 Å². The van der Waals surface area contributed by atoms with Crippen molar-refractivity contribution in [3.63, 3.8) is 0 Å². The number of para-hydroxylation sites is 1. The minimum atomic E-state index is -0.355. The Morgan fingerprint density at radius 3 is 2.89 bits per heavy atom. The number of benzene rings is 1. The van der Waals surface area contributed by atoms with Crippen molar-refractivity contribution in [2.24, 2.45) is 0 Å². The van der Waals surface area contributed by atoms with E-state index < -0.39 is 0 Å². The molecule has 1 saturated heterocycles. The Bertz CT molecular complexity index is 476. The first kappa shape index (κ1) is 13.5. The summed E-state index contributed by atoms with van der Waals surface area (Å²) in [5, 5.41) is 16.9. The zero-order chi connectivity index (χ0) is 13.7. The first-order valence-corrected chi connectivity index (χ1v) is 6.39. The van der Waals surface area contributed by atoms with Crippen LogP contribution < -0.4 is 10.6 Å². The van der Waals surface area contributed by atoms with Crippen molar-refractivity contribution >= 4 is 11.6 Å². The molecule has 0 aromatic heterocycles. The Balaban J connectivity index is 1.76. The van der Waals surface area contributed by atoms with Crippen molar-refractivity contribution in [2.75, 3.05) is 13.1 Å². The molecule has 0 spiro atoms. The molecule has 6 nitrogen and oxygen atoms in total. The van der Waals surface area contributed by atoms with Crippen molar-refractivity contribution in [3.8, 4) is 0 Å². The van der Waals surface area contributed by atoms with E-state index in [1.165, 1.54) is 6.07 Å². The first-order valence-electron chi connectivity index (χ1n) is 6.39. The van der Waals surface area contributed by atoms with E-state index in [0.717, 1.165) is 12.0 Å². The minimum Gasteiger partial charge on any atom is -0.352 e. The van der Waals surface area contributed by atoms with Crippen molar-refractivity contribution in [1.82, 2.24) is 10.6 Å². The van der Waals surface area contributed by atoms with Gasteiger partial charge in [0, 0.05) is 30.6 Å². The van der Waals surface area contributed by atoms with Gasteiger partial charge in [-0.3, -0.25) is 14.9 Å². The van der Waals surface area contributed by atoms with Gasteiger partial charge in [0.05, 0.1) is 4.92 Å². The van der Waals surface area contributed by atoms with E-state index in [4.69, 9.17) is 0 Å². The number of nitrogens with one attached hydrogen (secondary N) is 2. The van der Waals surface area contributed by atoms with Crippen molar-refractivity contribution in [2.45, 2.75) is 25.3 Å². The van der Waals surface area contributed by atoms with Gasteiger partial charge in [0.2, 0.25) is 5.91 Å². The smallest absolute Gasteiger partial charge is 0.272 e. The lowest BCUT2D eigenvalue weighted by atomic mass is 10.1. The molecular weight excluding hydrogens is 246 g/mol. The average molecular weight is 263 g/mol. The van der Waals surface area contributed by atoms with Gasteiger partial charge in [0.15, 0.2) is 0 Å². The summed E-state index contributed by atoms with van der Waals surface area (Å²) in [6, 6.07) is 6.96. The lowest BCUT2D eigenvalue weighted by Crippen LogP contribution is -2.36. The van der Waals surface area contributed by atoms with E-state index in [9.17, 15) is 14.9 Å². The molecule has 19 heavy (non-hydrogen) atoms. The van der Waals surface area contributed by atoms with Crippen LogP contribution in [0, 0.1) is 10.1 Å². The average Bonchev–Trinajstić information content (AvgIpc) is 2.81. The third kappa shape index (κ3) is 3.75. The van der Waals surface area contributed by atoms with E-state index in [2.05, 4.69) is 10.6 Å². The molecule has 0 saturated carbocycles. The largest absolute Gasteiger partial charge is 0.352 e. The summed E-state index contributed by atoms with van der Waals surface area (Å²) in [5.41, 5.74) is 0.897. The Hall–Kier alpha value is -1.95. The number of amides is 1. The normalized spacial score (nSPS) is 18.3. The summed E-state index contributed by atoms with van der Waals surface area (Å²) in [4.78, 5) is 21.5. The van der Waals surface area contributed by atoms with Gasteiger partial charge in [-0.15, -0.1) is 0 Å². The van der Waals surface area contributed by atoms with Crippen molar-refractivity contribution in [1.29, 1.82) is 0 Å². The van der Waals surface area contributed by atoms with Gasteiger partial charge in [-0.25, -0.2) is 0 Å². The van der Waals surface area contributed by atoms with E-state index in [1.54, 1.807) is 18.2 Å². The van der Waals surface area contributed by atoms with Crippen LogP contribution in [0.3, 0.4) is 0 Å². The Morgan fingerprint density at radius 1 is 1.42 bits per heavy atom. The summed E-state index contributed by atoms with van der Waals surface area (Å²) in [7, 11) is 0. The number of hydrogen-bond donors (Lipinski definition) is 2. The van der Waals surface area contributed by atoms with E-state index in [1.807, 2.05) is 0 Å². The number of nitro benzene ring substituents is 1. The summed E-state index contributed by atoms with van der Waals surface area (Å²) in [6.07, 6.45) is 2.06. The summed E-state index contributed by atoms with van der Waals surface area (Å²) in [6.45, 7) is 1.38. The maximum Gasteiger partial charge on any atom is 0.272 e. The van der Waals surface area contributed by atoms with Gasteiger partial charge < -0.3 is 10.6 Å². The monoisotopic (exact) mass is 263 g/mol. The van der Waals surface area contributed by atoms with Crippen LogP contribution in [0.1, 0.15) is 18.4 Å². The van der Waals surface area contributed by atoms with Crippen LogP contribution in [0.4, 0.5) is 5.69 Å². The highest BCUT2D eigenvalue weighted by atomic mass is 16.6. The molecule has 6 heteroatoms. The number of nitro groups is 1. The SMILES string of the molecule is O=C1CCC(CNCCc2ccccc2[N+](=O)[O-])N1. The Labute approximate surface area is 111 Å². The molecule has 0 aliphatic carbocycles. The highest BCUT2D eigenvalue weighted by Crippen LogP contribution is 2.17. The summed E-state index contributed by atoms with van der Waals surface area (Å²) in [5.74, 6) is 0.102. The highest BCUT2D eigenvalue weighted by Gasteiger charge is 2.19. The van der Waals surface area contributed by atoms with Crippen LogP contribution in [0.25, 0.3) is 0 Å². The lowest BCUT2D eigenvalue weighted by molar-refractivity contribution is -0.385.